The Labute approximate surface area is 252 Å². The summed E-state index contributed by atoms with van der Waals surface area (Å²) >= 11 is 0. The number of piperidine rings is 1. The highest BCUT2D eigenvalue weighted by atomic mass is 16.5. The predicted molar refractivity (Wildman–Crippen MR) is 167 cm³/mol. The van der Waals surface area contributed by atoms with Crippen molar-refractivity contribution in [1.82, 2.24) is 19.8 Å². The number of carbonyl (C=O) groups excluding carboxylic acids is 2. The molecule has 2 unspecified atom stereocenters. The zero-order chi connectivity index (χ0) is 30.3. The van der Waals surface area contributed by atoms with Gasteiger partial charge in [-0.1, -0.05) is 55.8 Å². The van der Waals surface area contributed by atoms with Gasteiger partial charge in [0.15, 0.2) is 0 Å². The zero-order valence-corrected chi connectivity index (χ0v) is 25.6. The van der Waals surface area contributed by atoms with Crippen molar-refractivity contribution in [2.24, 2.45) is 5.92 Å². The Bertz CT molecular complexity index is 1600. The summed E-state index contributed by atoms with van der Waals surface area (Å²) in [7, 11) is 0. The van der Waals surface area contributed by atoms with Gasteiger partial charge in [-0.2, -0.15) is 5.10 Å². The van der Waals surface area contributed by atoms with Gasteiger partial charge in [-0.25, -0.2) is 9.48 Å². The fourth-order valence-corrected chi connectivity index (χ4v) is 6.48. The molecule has 43 heavy (non-hydrogen) atoms. The monoisotopic (exact) mass is 580 g/mol. The molecular formula is C34H40N6O3. The van der Waals surface area contributed by atoms with E-state index in [1.807, 2.05) is 56.3 Å². The van der Waals surface area contributed by atoms with Gasteiger partial charge in [0.1, 0.15) is 17.6 Å². The Balaban J connectivity index is 1.07. The molecule has 0 radical (unpaired) electrons. The van der Waals surface area contributed by atoms with Crippen molar-refractivity contribution in [2.75, 3.05) is 10.6 Å². The minimum absolute atomic E-state index is 0.0509. The highest BCUT2D eigenvalue weighted by Gasteiger charge is 2.44. The summed E-state index contributed by atoms with van der Waals surface area (Å²) in [6.45, 7) is 10.2. The lowest BCUT2D eigenvalue weighted by Crippen LogP contribution is -2.47. The van der Waals surface area contributed by atoms with Gasteiger partial charge in [0.05, 0.1) is 17.1 Å². The first-order valence-corrected chi connectivity index (χ1v) is 15.1. The molecule has 4 heterocycles. The number of aromatic nitrogens is 3. The predicted octanol–water partition coefficient (Wildman–Crippen LogP) is 7.04. The summed E-state index contributed by atoms with van der Waals surface area (Å²) in [4.78, 5) is 28.3. The largest absolute Gasteiger partial charge is 0.364 e. The molecule has 2 aliphatic heterocycles. The minimum atomic E-state index is -0.321. The van der Waals surface area contributed by atoms with Crippen LogP contribution in [0, 0.1) is 19.8 Å². The Morgan fingerprint density at radius 3 is 2.23 bits per heavy atom. The molecule has 2 aromatic heterocycles. The number of benzene rings is 2. The standard InChI is InChI=1S/C34H40N6O3/c1-21-6-12-26(13-7-21)40-31(19-30(37-40)34(3,4)5)36-33(42)35-25-10-8-23(9-11-25)16-24-17-27-14-15-28(18-24)39(27)32(41)29-20-43-38-22(29)2/h6-13,19-20,24,27-28H,14-18H2,1-5H3,(H2,35,36,42). The second-order valence-electron chi connectivity index (χ2n) is 13.1. The average molecular weight is 581 g/mol. The van der Waals surface area contributed by atoms with Crippen LogP contribution in [-0.2, 0) is 11.8 Å². The summed E-state index contributed by atoms with van der Waals surface area (Å²) < 4.78 is 6.80. The molecule has 2 atom stereocenters. The Hall–Kier alpha value is -4.40. The first kappa shape index (κ1) is 28.7. The maximum atomic E-state index is 13.2. The van der Waals surface area contributed by atoms with Gasteiger partial charge < -0.3 is 14.7 Å². The first-order chi connectivity index (χ1) is 20.5. The average Bonchev–Trinajstić information content (AvgIpc) is 3.65. The van der Waals surface area contributed by atoms with Crippen LogP contribution in [0.2, 0.25) is 0 Å². The molecule has 0 spiro atoms. The minimum Gasteiger partial charge on any atom is -0.364 e. The number of rotatable bonds is 6. The van der Waals surface area contributed by atoms with Crippen LogP contribution >= 0.6 is 0 Å². The molecule has 224 valence electrons. The molecule has 2 bridgehead atoms. The van der Waals surface area contributed by atoms with E-state index in [0.717, 1.165) is 54.7 Å². The third-order valence-corrected chi connectivity index (χ3v) is 8.78. The highest BCUT2D eigenvalue weighted by molar-refractivity contribution is 5.99. The van der Waals surface area contributed by atoms with Crippen LogP contribution in [0.15, 0.2) is 65.4 Å². The van der Waals surface area contributed by atoms with Gasteiger partial charge in [-0.15, -0.1) is 0 Å². The highest BCUT2D eigenvalue weighted by Crippen LogP contribution is 2.41. The van der Waals surface area contributed by atoms with Crippen molar-refractivity contribution in [1.29, 1.82) is 0 Å². The Kier molecular flexibility index (Phi) is 7.58. The second kappa shape index (κ2) is 11.4. The van der Waals surface area contributed by atoms with Gasteiger partial charge in [0.25, 0.3) is 5.91 Å². The number of hydrogen-bond acceptors (Lipinski definition) is 5. The maximum Gasteiger partial charge on any atom is 0.324 e. The maximum absolute atomic E-state index is 13.2. The van der Waals surface area contributed by atoms with Crippen LogP contribution in [0.4, 0.5) is 16.3 Å². The number of urea groups is 1. The second-order valence-corrected chi connectivity index (χ2v) is 13.1. The van der Waals surface area contributed by atoms with Crippen molar-refractivity contribution >= 4 is 23.4 Å². The van der Waals surface area contributed by atoms with E-state index in [2.05, 4.69) is 53.6 Å². The van der Waals surface area contributed by atoms with Gasteiger partial charge in [-0.3, -0.25) is 10.1 Å². The third-order valence-electron chi connectivity index (χ3n) is 8.78. The van der Waals surface area contributed by atoms with Crippen molar-refractivity contribution in [3.05, 3.63) is 88.9 Å². The summed E-state index contributed by atoms with van der Waals surface area (Å²) in [5.41, 5.74) is 5.97. The lowest BCUT2D eigenvalue weighted by Gasteiger charge is -2.39. The SMILES string of the molecule is Cc1ccc(-n2nc(C(C)(C)C)cc2NC(=O)Nc2ccc(CC3CC4CCC(C3)N4C(=O)c3conc3C)cc2)cc1. The van der Waals surface area contributed by atoms with Gasteiger partial charge >= 0.3 is 6.03 Å². The van der Waals surface area contributed by atoms with Crippen molar-refractivity contribution in [3.63, 3.8) is 0 Å². The van der Waals surface area contributed by atoms with Crippen LogP contribution in [0.25, 0.3) is 5.69 Å². The molecular weight excluding hydrogens is 540 g/mol. The van der Waals surface area contributed by atoms with E-state index in [4.69, 9.17) is 9.62 Å². The van der Waals surface area contributed by atoms with Gasteiger partial charge in [-0.05, 0) is 81.7 Å². The fourth-order valence-electron chi connectivity index (χ4n) is 6.48. The number of nitrogens with one attached hydrogen (secondary N) is 2. The molecule has 0 aliphatic carbocycles. The molecule has 2 aromatic carbocycles. The van der Waals surface area contributed by atoms with Gasteiger partial charge in [0.2, 0.25) is 0 Å². The summed E-state index contributed by atoms with van der Waals surface area (Å²) in [5.74, 6) is 1.18. The van der Waals surface area contributed by atoms with Crippen molar-refractivity contribution < 1.29 is 14.1 Å². The van der Waals surface area contributed by atoms with Crippen LogP contribution in [-0.4, -0.2) is 43.9 Å². The smallest absolute Gasteiger partial charge is 0.324 e. The number of nitrogens with zero attached hydrogens (tertiary/aromatic N) is 4. The molecule has 3 amide bonds. The molecule has 2 N–H and O–H groups in total. The van der Waals surface area contributed by atoms with E-state index >= 15 is 0 Å². The normalized spacial score (nSPS) is 19.8. The van der Waals surface area contributed by atoms with E-state index < -0.39 is 0 Å². The van der Waals surface area contributed by atoms with Crippen LogP contribution in [0.5, 0.6) is 0 Å². The molecule has 2 saturated heterocycles. The molecule has 9 nitrogen and oxygen atoms in total. The van der Waals surface area contributed by atoms with E-state index in [0.29, 0.717) is 23.0 Å². The first-order valence-electron chi connectivity index (χ1n) is 15.1. The number of carbonyl (C=O) groups is 2. The quantitative estimate of drug-likeness (QED) is 0.254. The zero-order valence-electron chi connectivity index (χ0n) is 25.6. The van der Waals surface area contributed by atoms with E-state index in [1.54, 1.807) is 4.68 Å². The topological polar surface area (TPSA) is 105 Å². The summed E-state index contributed by atoms with van der Waals surface area (Å²) in [6.07, 6.45) is 6.53. The lowest BCUT2D eigenvalue weighted by atomic mass is 9.85. The molecule has 0 saturated carbocycles. The van der Waals surface area contributed by atoms with E-state index in [-0.39, 0.29) is 29.4 Å². The van der Waals surface area contributed by atoms with E-state index in [1.165, 1.54) is 11.8 Å². The van der Waals surface area contributed by atoms with Crippen LogP contribution in [0.3, 0.4) is 0 Å². The summed E-state index contributed by atoms with van der Waals surface area (Å²) in [6, 6.07) is 18.3. The molecule has 9 heteroatoms. The van der Waals surface area contributed by atoms with Gasteiger partial charge in [0, 0.05) is 29.3 Å². The lowest BCUT2D eigenvalue weighted by molar-refractivity contribution is 0.0523. The number of amides is 3. The fraction of sp³-hybridized carbons (Fsp3) is 0.412. The van der Waals surface area contributed by atoms with E-state index in [9.17, 15) is 9.59 Å². The molecule has 6 rings (SSSR count). The van der Waals surface area contributed by atoms with Crippen LogP contribution < -0.4 is 10.6 Å². The Morgan fingerprint density at radius 1 is 0.953 bits per heavy atom. The number of anilines is 2. The van der Waals surface area contributed by atoms with Crippen molar-refractivity contribution in [2.45, 2.75) is 84.2 Å². The van der Waals surface area contributed by atoms with Crippen LogP contribution in [0.1, 0.15) is 79.3 Å². The van der Waals surface area contributed by atoms with Crippen molar-refractivity contribution in [3.8, 4) is 5.69 Å². The Morgan fingerprint density at radius 2 is 1.63 bits per heavy atom. The number of hydrogen-bond donors (Lipinski definition) is 2. The number of fused-ring (bicyclic) bond motifs is 2. The summed E-state index contributed by atoms with van der Waals surface area (Å²) in [5, 5.41) is 14.7. The molecule has 2 fully saturated rings. The molecule has 4 aromatic rings. The number of aryl methyl sites for hydroxylation is 2. The molecule has 2 aliphatic rings. The third kappa shape index (κ3) is 6.07.